The Labute approximate surface area is 253 Å². The average molecular weight is 611 g/mol. The predicted molar refractivity (Wildman–Crippen MR) is 162 cm³/mol. The summed E-state index contributed by atoms with van der Waals surface area (Å²) in [6, 6.07) is 20.4. The van der Waals surface area contributed by atoms with E-state index < -0.39 is 0 Å². The molecule has 5 rings (SSSR count). The van der Waals surface area contributed by atoms with Crippen molar-refractivity contribution in [1.29, 1.82) is 0 Å². The van der Waals surface area contributed by atoms with E-state index in [2.05, 4.69) is 10.2 Å². The summed E-state index contributed by atoms with van der Waals surface area (Å²) in [6.45, 7) is 5.24. The van der Waals surface area contributed by atoms with Crippen LogP contribution in [-0.2, 0) is 4.79 Å². The molecular formula is C30H29Cl2N5O3S. The number of piperazine rings is 1. The van der Waals surface area contributed by atoms with Crippen molar-refractivity contribution in [3.05, 3.63) is 87.9 Å². The Balaban J connectivity index is 1.29. The van der Waals surface area contributed by atoms with Gasteiger partial charge in [0.15, 0.2) is 11.0 Å². The SMILES string of the molecule is COc1ccc(-n2c(SCC(=O)N3CCN(C(=O)c4ccc(Cl)cc4Cl)C(C)C3)nnc2-c2ccc(C)cc2)cc1. The Morgan fingerprint density at radius 1 is 1.00 bits per heavy atom. The lowest BCUT2D eigenvalue weighted by Crippen LogP contribution is -2.55. The molecule has 41 heavy (non-hydrogen) atoms. The average Bonchev–Trinajstić information content (AvgIpc) is 3.40. The van der Waals surface area contributed by atoms with Gasteiger partial charge in [0.25, 0.3) is 5.91 Å². The molecule has 1 aliphatic heterocycles. The number of thioether (sulfide) groups is 1. The summed E-state index contributed by atoms with van der Waals surface area (Å²) in [5.74, 6) is 1.42. The number of nitrogens with zero attached hydrogens (tertiary/aromatic N) is 5. The zero-order valence-electron chi connectivity index (χ0n) is 22.9. The molecule has 2 heterocycles. The molecule has 2 amide bonds. The van der Waals surface area contributed by atoms with Gasteiger partial charge < -0.3 is 14.5 Å². The number of hydrogen-bond acceptors (Lipinski definition) is 6. The number of carbonyl (C=O) groups excluding carboxylic acids is 2. The van der Waals surface area contributed by atoms with Crippen LogP contribution in [0.3, 0.4) is 0 Å². The monoisotopic (exact) mass is 609 g/mol. The van der Waals surface area contributed by atoms with Crippen LogP contribution in [0.5, 0.6) is 5.75 Å². The standard InChI is InChI=1S/C30H29Cl2N5O3S/c1-19-4-6-21(7-5-19)28-33-34-30(37(28)23-9-11-24(40-3)12-10-23)41-18-27(38)35-14-15-36(20(2)17-35)29(39)25-13-8-22(31)16-26(25)32/h4-13,16,20H,14-15,17-18H2,1-3H3. The highest BCUT2D eigenvalue weighted by Gasteiger charge is 2.31. The van der Waals surface area contributed by atoms with Crippen LogP contribution in [0.15, 0.2) is 71.9 Å². The van der Waals surface area contributed by atoms with Gasteiger partial charge in [0.05, 0.1) is 23.4 Å². The van der Waals surface area contributed by atoms with Crippen molar-refractivity contribution < 1.29 is 14.3 Å². The van der Waals surface area contributed by atoms with Crippen LogP contribution >= 0.6 is 35.0 Å². The number of halogens is 2. The summed E-state index contributed by atoms with van der Waals surface area (Å²) < 4.78 is 7.28. The molecule has 1 atom stereocenters. The van der Waals surface area contributed by atoms with Crippen molar-refractivity contribution in [2.24, 2.45) is 0 Å². The van der Waals surface area contributed by atoms with Gasteiger partial charge >= 0.3 is 0 Å². The third-order valence-corrected chi connectivity index (χ3v) is 8.46. The minimum atomic E-state index is -0.173. The van der Waals surface area contributed by atoms with Crippen LogP contribution in [0.25, 0.3) is 17.1 Å². The lowest BCUT2D eigenvalue weighted by molar-refractivity contribution is -0.130. The zero-order valence-corrected chi connectivity index (χ0v) is 25.2. The van der Waals surface area contributed by atoms with Crippen molar-refractivity contribution in [3.63, 3.8) is 0 Å². The molecule has 1 aromatic heterocycles. The summed E-state index contributed by atoms with van der Waals surface area (Å²) >= 11 is 13.6. The second kappa shape index (κ2) is 12.5. The van der Waals surface area contributed by atoms with Gasteiger partial charge in [0.1, 0.15) is 5.75 Å². The van der Waals surface area contributed by atoms with E-state index >= 15 is 0 Å². The number of hydrogen-bond donors (Lipinski definition) is 0. The predicted octanol–water partition coefficient (Wildman–Crippen LogP) is 6.02. The minimum absolute atomic E-state index is 0.0281. The molecule has 4 aromatic rings. The Hall–Kier alpha value is -3.53. The number of aromatic nitrogens is 3. The number of ether oxygens (including phenoxy) is 1. The smallest absolute Gasteiger partial charge is 0.255 e. The number of rotatable bonds is 7. The maximum absolute atomic E-state index is 13.3. The Bertz CT molecular complexity index is 1560. The van der Waals surface area contributed by atoms with E-state index in [1.807, 2.05) is 66.9 Å². The summed E-state index contributed by atoms with van der Waals surface area (Å²) in [6.07, 6.45) is 0. The first-order valence-electron chi connectivity index (χ1n) is 13.1. The van der Waals surface area contributed by atoms with Gasteiger partial charge in [-0.1, -0.05) is 64.8 Å². The topological polar surface area (TPSA) is 80.6 Å². The molecule has 3 aromatic carbocycles. The largest absolute Gasteiger partial charge is 0.497 e. The molecule has 212 valence electrons. The van der Waals surface area contributed by atoms with Gasteiger partial charge in [0, 0.05) is 41.9 Å². The quantitative estimate of drug-likeness (QED) is 0.238. The molecule has 1 unspecified atom stereocenters. The fourth-order valence-electron chi connectivity index (χ4n) is 4.74. The van der Waals surface area contributed by atoms with Crippen molar-refractivity contribution >= 4 is 46.8 Å². The van der Waals surface area contributed by atoms with Crippen LogP contribution in [0.1, 0.15) is 22.8 Å². The summed E-state index contributed by atoms with van der Waals surface area (Å²) in [5.41, 5.74) is 3.34. The molecule has 0 aliphatic carbocycles. The highest BCUT2D eigenvalue weighted by atomic mass is 35.5. The first-order valence-corrected chi connectivity index (χ1v) is 14.8. The molecule has 0 spiro atoms. The van der Waals surface area contributed by atoms with Crippen LogP contribution < -0.4 is 4.74 Å². The number of aryl methyl sites for hydroxylation is 1. The van der Waals surface area contributed by atoms with Gasteiger partial charge in [-0.05, 0) is 56.3 Å². The molecule has 0 bridgehead atoms. The van der Waals surface area contributed by atoms with Gasteiger partial charge in [-0.2, -0.15) is 0 Å². The summed E-state index contributed by atoms with van der Waals surface area (Å²) in [5, 5.41) is 10.3. The van der Waals surface area contributed by atoms with E-state index in [9.17, 15) is 9.59 Å². The fourth-order valence-corrected chi connectivity index (χ4v) is 6.08. The van der Waals surface area contributed by atoms with E-state index in [0.717, 1.165) is 22.6 Å². The van der Waals surface area contributed by atoms with Crippen molar-refractivity contribution in [2.75, 3.05) is 32.5 Å². The Morgan fingerprint density at radius 2 is 1.73 bits per heavy atom. The second-order valence-corrected chi connectivity index (χ2v) is 11.6. The molecule has 0 radical (unpaired) electrons. The molecule has 8 nitrogen and oxygen atoms in total. The van der Waals surface area contributed by atoms with E-state index in [1.54, 1.807) is 35.1 Å². The van der Waals surface area contributed by atoms with Crippen LogP contribution in [0, 0.1) is 6.92 Å². The lowest BCUT2D eigenvalue weighted by Gasteiger charge is -2.40. The van der Waals surface area contributed by atoms with E-state index in [4.69, 9.17) is 27.9 Å². The van der Waals surface area contributed by atoms with Gasteiger partial charge in [-0.25, -0.2) is 0 Å². The first kappa shape index (κ1) is 29.0. The van der Waals surface area contributed by atoms with Gasteiger partial charge in [-0.3, -0.25) is 14.2 Å². The fraction of sp³-hybridized carbons (Fsp3) is 0.267. The summed E-state index contributed by atoms with van der Waals surface area (Å²) in [7, 11) is 1.63. The first-order chi connectivity index (χ1) is 19.7. The third kappa shape index (κ3) is 6.37. The summed E-state index contributed by atoms with van der Waals surface area (Å²) in [4.78, 5) is 30.0. The number of carbonyl (C=O) groups is 2. The highest BCUT2D eigenvalue weighted by molar-refractivity contribution is 7.99. The molecule has 1 saturated heterocycles. The van der Waals surface area contributed by atoms with Gasteiger partial charge in [0.2, 0.25) is 5.91 Å². The normalized spacial score (nSPS) is 15.2. The molecule has 1 aliphatic rings. The zero-order chi connectivity index (χ0) is 29.1. The molecule has 11 heteroatoms. The highest BCUT2D eigenvalue weighted by Crippen LogP contribution is 2.30. The second-order valence-electron chi connectivity index (χ2n) is 9.81. The maximum atomic E-state index is 13.3. The van der Waals surface area contributed by atoms with Crippen LogP contribution in [0.4, 0.5) is 0 Å². The minimum Gasteiger partial charge on any atom is -0.497 e. The Kier molecular flexibility index (Phi) is 8.87. The van der Waals surface area contributed by atoms with Gasteiger partial charge in [-0.15, -0.1) is 10.2 Å². The van der Waals surface area contributed by atoms with E-state index in [1.165, 1.54) is 11.8 Å². The number of methoxy groups -OCH3 is 1. The molecule has 0 saturated carbocycles. The lowest BCUT2D eigenvalue weighted by atomic mass is 10.1. The van der Waals surface area contributed by atoms with E-state index in [-0.39, 0.29) is 23.6 Å². The van der Waals surface area contributed by atoms with E-state index in [0.29, 0.717) is 46.2 Å². The number of benzene rings is 3. The van der Waals surface area contributed by atoms with Crippen molar-refractivity contribution in [2.45, 2.75) is 25.0 Å². The van der Waals surface area contributed by atoms with Crippen molar-refractivity contribution in [3.8, 4) is 22.8 Å². The van der Waals surface area contributed by atoms with Crippen LogP contribution in [0.2, 0.25) is 10.0 Å². The Morgan fingerprint density at radius 3 is 2.39 bits per heavy atom. The third-order valence-electron chi connectivity index (χ3n) is 7.00. The van der Waals surface area contributed by atoms with Crippen LogP contribution in [-0.4, -0.2) is 74.9 Å². The van der Waals surface area contributed by atoms with Crippen molar-refractivity contribution in [1.82, 2.24) is 24.6 Å². The molecule has 0 N–H and O–H groups in total. The maximum Gasteiger partial charge on any atom is 0.255 e. The molecular weight excluding hydrogens is 581 g/mol. The number of amides is 2. The molecule has 1 fully saturated rings.